The first-order valence-corrected chi connectivity index (χ1v) is 6.38. The molecule has 1 aliphatic heterocycles. The van der Waals surface area contributed by atoms with E-state index in [9.17, 15) is 0 Å². The molecular weight excluding hydrogens is 218 g/mol. The Bertz CT molecular complexity index is 291. The third-order valence-corrected chi connectivity index (χ3v) is 4.31. The first-order valence-electron chi connectivity index (χ1n) is 6.38. The van der Waals surface area contributed by atoms with Crippen LogP contribution in [0, 0.1) is 11.3 Å². The molecule has 1 aliphatic carbocycles. The average Bonchev–Trinajstić information content (AvgIpc) is 2.67. The van der Waals surface area contributed by atoms with E-state index in [0.717, 1.165) is 19.7 Å². The van der Waals surface area contributed by atoms with Crippen LogP contribution in [0.5, 0.6) is 0 Å². The summed E-state index contributed by atoms with van der Waals surface area (Å²) in [5, 5.41) is 11.7. The van der Waals surface area contributed by atoms with Gasteiger partial charge >= 0.3 is 0 Å². The fourth-order valence-corrected chi connectivity index (χ4v) is 3.60. The zero-order chi connectivity index (χ0) is 12.3. The number of hydrogen-bond acceptors (Lipinski definition) is 4. The van der Waals surface area contributed by atoms with Gasteiger partial charge in [0.15, 0.2) is 5.84 Å². The van der Waals surface area contributed by atoms with Crippen LogP contribution in [0.15, 0.2) is 5.16 Å². The van der Waals surface area contributed by atoms with Crippen molar-refractivity contribution in [2.24, 2.45) is 22.2 Å². The summed E-state index contributed by atoms with van der Waals surface area (Å²) in [7, 11) is 1.78. The van der Waals surface area contributed by atoms with Crippen LogP contribution in [-0.4, -0.2) is 49.3 Å². The first-order chi connectivity index (χ1) is 8.20. The third-order valence-electron chi connectivity index (χ3n) is 4.31. The van der Waals surface area contributed by atoms with Crippen LogP contribution in [0.1, 0.15) is 25.7 Å². The molecule has 5 heteroatoms. The second kappa shape index (κ2) is 5.23. The Morgan fingerprint density at radius 1 is 1.59 bits per heavy atom. The summed E-state index contributed by atoms with van der Waals surface area (Å²) in [5.74, 6) is 1.01. The van der Waals surface area contributed by atoms with E-state index in [-0.39, 0.29) is 0 Å². The van der Waals surface area contributed by atoms with Crippen molar-refractivity contribution in [1.29, 1.82) is 0 Å². The Hall–Kier alpha value is -0.810. The molecule has 0 aromatic heterocycles. The second-order valence-corrected chi connectivity index (χ2v) is 5.50. The van der Waals surface area contributed by atoms with Crippen LogP contribution < -0.4 is 5.73 Å². The number of hydrogen-bond donors (Lipinski definition) is 2. The summed E-state index contributed by atoms with van der Waals surface area (Å²) in [4.78, 5) is 2.30. The second-order valence-electron chi connectivity index (χ2n) is 5.50. The van der Waals surface area contributed by atoms with E-state index in [1.165, 1.54) is 25.7 Å². The highest BCUT2D eigenvalue weighted by atomic mass is 16.5. The van der Waals surface area contributed by atoms with Gasteiger partial charge in [0.1, 0.15) is 0 Å². The smallest absolute Gasteiger partial charge is 0.153 e. The molecule has 17 heavy (non-hydrogen) atoms. The lowest BCUT2D eigenvalue weighted by molar-refractivity contribution is 0.0302. The van der Waals surface area contributed by atoms with Gasteiger partial charge in [-0.3, -0.25) is 4.90 Å². The molecule has 2 fully saturated rings. The van der Waals surface area contributed by atoms with E-state index in [1.54, 1.807) is 7.11 Å². The van der Waals surface area contributed by atoms with Gasteiger partial charge in [-0.25, -0.2) is 0 Å². The van der Waals surface area contributed by atoms with Gasteiger partial charge in [0.25, 0.3) is 0 Å². The van der Waals surface area contributed by atoms with Crippen molar-refractivity contribution in [3.63, 3.8) is 0 Å². The zero-order valence-corrected chi connectivity index (χ0v) is 10.6. The number of amidine groups is 1. The molecule has 0 radical (unpaired) electrons. The number of likely N-dealkylation sites (tertiary alicyclic amines) is 1. The van der Waals surface area contributed by atoms with Crippen LogP contribution >= 0.6 is 0 Å². The van der Waals surface area contributed by atoms with Gasteiger partial charge in [-0.05, 0) is 18.8 Å². The molecule has 0 unspecified atom stereocenters. The van der Waals surface area contributed by atoms with Crippen molar-refractivity contribution in [2.45, 2.75) is 25.7 Å². The Morgan fingerprint density at radius 2 is 2.41 bits per heavy atom. The molecule has 0 spiro atoms. The number of nitrogens with two attached hydrogens (primary N) is 1. The number of oxime groups is 1. The van der Waals surface area contributed by atoms with E-state index < -0.39 is 0 Å². The molecule has 3 N–H and O–H groups in total. The molecular formula is C12H23N3O2. The SMILES string of the molecule is COC[C@]12CCCC[C@@H]1CN(CC(N)=NO)C2. The van der Waals surface area contributed by atoms with E-state index >= 15 is 0 Å². The van der Waals surface area contributed by atoms with Crippen molar-refractivity contribution in [3.8, 4) is 0 Å². The van der Waals surface area contributed by atoms with E-state index in [4.69, 9.17) is 15.7 Å². The molecule has 1 saturated heterocycles. The van der Waals surface area contributed by atoms with Gasteiger partial charge in [-0.15, -0.1) is 0 Å². The van der Waals surface area contributed by atoms with Gasteiger partial charge in [0.2, 0.25) is 0 Å². The van der Waals surface area contributed by atoms with Crippen molar-refractivity contribution < 1.29 is 9.94 Å². The summed E-state index contributed by atoms with van der Waals surface area (Å²) < 4.78 is 5.43. The van der Waals surface area contributed by atoms with Crippen molar-refractivity contribution >= 4 is 5.84 Å². The largest absolute Gasteiger partial charge is 0.409 e. The minimum absolute atomic E-state index is 0.302. The number of fused-ring (bicyclic) bond motifs is 1. The maximum Gasteiger partial charge on any atom is 0.153 e. The predicted molar refractivity (Wildman–Crippen MR) is 66.1 cm³/mol. The summed E-state index contributed by atoms with van der Waals surface area (Å²) in [5.41, 5.74) is 5.89. The van der Waals surface area contributed by atoms with Crippen molar-refractivity contribution in [3.05, 3.63) is 0 Å². The molecule has 2 aliphatic rings. The highest BCUT2D eigenvalue weighted by Crippen LogP contribution is 2.46. The van der Waals surface area contributed by atoms with Crippen LogP contribution in [0.25, 0.3) is 0 Å². The number of methoxy groups -OCH3 is 1. The third kappa shape index (κ3) is 2.55. The molecule has 1 heterocycles. The van der Waals surface area contributed by atoms with Gasteiger partial charge in [-0.1, -0.05) is 18.0 Å². The topological polar surface area (TPSA) is 71.1 Å². The molecule has 2 atom stereocenters. The molecule has 2 rings (SSSR count). The summed E-state index contributed by atoms with van der Waals surface area (Å²) in [6, 6.07) is 0. The zero-order valence-electron chi connectivity index (χ0n) is 10.6. The average molecular weight is 241 g/mol. The van der Waals surface area contributed by atoms with Crippen LogP contribution in [-0.2, 0) is 4.74 Å². The number of nitrogens with zero attached hydrogens (tertiary/aromatic N) is 2. The lowest BCUT2D eigenvalue weighted by Crippen LogP contribution is -2.38. The molecule has 0 bridgehead atoms. The Morgan fingerprint density at radius 3 is 3.12 bits per heavy atom. The van der Waals surface area contributed by atoms with E-state index in [0.29, 0.717) is 23.7 Å². The standard InChI is InChI=1S/C12H23N3O2/c1-17-9-12-5-3-2-4-10(12)6-15(8-12)7-11(13)14-16/h10,16H,2-9H2,1H3,(H2,13,14)/t10-,12-/m1/s1. The molecule has 1 saturated carbocycles. The lowest BCUT2D eigenvalue weighted by atomic mass is 9.69. The van der Waals surface area contributed by atoms with E-state index in [2.05, 4.69) is 10.1 Å². The molecule has 0 aromatic carbocycles. The minimum atomic E-state index is 0.302. The normalized spacial score (nSPS) is 34.9. The highest BCUT2D eigenvalue weighted by Gasteiger charge is 2.47. The first kappa shape index (κ1) is 12.6. The summed E-state index contributed by atoms with van der Waals surface area (Å²) in [6.45, 7) is 3.48. The summed E-state index contributed by atoms with van der Waals surface area (Å²) in [6.07, 6.45) is 5.17. The van der Waals surface area contributed by atoms with Gasteiger partial charge < -0.3 is 15.7 Å². The Kier molecular flexibility index (Phi) is 3.89. The highest BCUT2D eigenvalue weighted by molar-refractivity contribution is 5.81. The molecule has 0 amide bonds. The summed E-state index contributed by atoms with van der Waals surface area (Å²) >= 11 is 0. The molecule has 98 valence electrons. The van der Waals surface area contributed by atoms with Crippen LogP contribution in [0.4, 0.5) is 0 Å². The number of rotatable bonds is 4. The minimum Gasteiger partial charge on any atom is -0.409 e. The monoisotopic (exact) mass is 241 g/mol. The van der Waals surface area contributed by atoms with Crippen molar-refractivity contribution in [2.75, 3.05) is 33.4 Å². The Balaban J connectivity index is 2.03. The fraction of sp³-hybridized carbons (Fsp3) is 0.917. The van der Waals surface area contributed by atoms with Gasteiger partial charge in [0.05, 0.1) is 13.2 Å². The van der Waals surface area contributed by atoms with Crippen LogP contribution in [0.3, 0.4) is 0 Å². The molecule has 0 aromatic rings. The Labute approximate surface area is 103 Å². The van der Waals surface area contributed by atoms with E-state index in [1.807, 2.05) is 0 Å². The van der Waals surface area contributed by atoms with Gasteiger partial charge in [-0.2, -0.15) is 0 Å². The fourth-order valence-electron chi connectivity index (χ4n) is 3.60. The number of ether oxygens (including phenoxy) is 1. The predicted octanol–water partition coefficient (Wildman–Crippen LogP) is 0.871. The maximum atomic E-state index is 8.63. The quantitative estimate of drug-likeness (QED) is 0.331. The van der Waals surface area contributed by atoms with Crippen molar-refractivity contribution in [1.82, 2.24) is 4.90 Å². The van der Waals surface area contributed by atoms with Crippen LogP contribution in [0.2, 0.25) is 0 Å². The maximum absolute atomic E-state index is 8.63. The van der Waals surface area contributed by atoms with Gasteiger partial charge in [0, 0.05) is 25.6 Å². The molecule has 5 nitrogen and oxygen atoms in total. The lowest BCUT2D eigenvalue weighted by Gasteiger charge is -2.38.